The van der Waals surface area contributed by atoms with Crippen LogP contribution in [0.2, 0.25) is 5.02 Å². The Balaban J connectivity index is 2.17. The molecule has 0 aliphatic rings. The number of ether oxygens (including phenoxy) is 1. The summed E-state index contributed by atoms with van der Waals surface area (Å²) >= 11 is 5.98. The third-order valence-corrected chi connectivity index (χ3v) is 3.56. The minimum atomic E-state index is -0.505. The van der Waals surface area contributed by atoms with E-state index in [1.807, 2.05) is 0 Å². The Kier molecular flexibility index (Phi) is 5.18. The second-order valence-corrected chi connectivity index (χ2v) is 5.36. The van der Waals surface area contributed by atoms with E-state index in [1.165, 1.54) is 29.2 Å². The van der Waals surface area contributed by atoms with E-state index in [0.29, 0.717) is 22.9 Å². The van der Waals surface area contributed by atoms with Crippen LogP contribution in [0.3, 0.4) is 0 Å². The maximum Gasteiger partial charge on any atom is 0.269 e. The van der Waals surface area contributed by atoms with Crippen LogP contribution in [0.25, 0.3) is 0 Å². The predicted octanol–water partition coefficient (Wildman–Crippen LogP) is 3.53. The first-order chi connectivity index (χ1) is 10.9. The van der Waals surface area contributed by atoms with E-state index < -0.39 is 4.92 Å². The maximum absolute atomic E-state index is 12.4. The highest BCUT2D eigenvalue weighted by molar-refractivity contribution is 6.30. The summed E-state index contributed by atoms with van der Waals surface area (Å²) < 4.78 is 5.26. The monoisotopic (exact) mass is 334 g/mol. The lowest BCUT2D eigenvalue weighted by Crippen LogP contribution is -2.26. The minimum absolute atomic E-state index is 0.0549. The number of halogens is 1. The average molecular weight is 335 g/mol. The number of non-ortho nitro benzene ring substituents is 1. The van der Waals surface area contributed by atoms with Gasteiger partial charge in [-0.2, -0.15) is 0 Å². The van der Waals surface area contributed by atoms with E-state index in [4.69, 9.17) is 16.3 Å². The Morgan fingerprint density at radius 2 is 1.91 bits per heavy atom. The zero-order valence-electron chi connectivity index (χ0n) is 12.7. The number of amides is 1. The van der Waals surface area contributed by atoms with Gasteiger partial charge in [-0.1, -0.05) is 11.6 Å². The van der Waals surface area contributed by atoms with Crippen LogP contribution >= 0.6 is 11.6 Å². The fraction of sp³-hybridized carbons (Fsp3) is 0.188. The first kappa shape index (κ1) is 16.8. The van der Waals surface area contributed by atoms with Gasteiger partial charge in [0.15, 0.2) is 0 Å². The van der Waals surface area contributed by atoms with Crippen LogP contribution in [0.1, 0.15) is 15.9 Å². The Morgan fingerprint density at radius 1 is 1.26 bits per heavy atom. The number of carbonyl (C=O) groups is 1. The molecule has 0 spiro atoms. The van der Waals surface area contributed by atoms with Gasteiger partial charge in [-0.05, 0) is 30.3 Å². The molecule has 1 amide bonds. The molecule has 6 nitrogen and oxygen atoms in total. The fourth-order valence-electron chi connectivity index (χ4n) is 2.14. The number of nitrogens with zero attached hydrogens (tertiary/aromatic N) is 2. The van der Waals surface area contributed by atoms with Crippen molar-refractivity contribution < 1.29 is 14.5 Å². The number of nitro groups is 1. The summed E-state index contributed by atoms with van der Waals surface area (Å²) in [7, 11) is 3.19. The molecule has 0 unspecified atom stereocenters. The number of methoxy groups -OCH3 is 1. The highest BCUT2D eigenvalue weighted by atomic mass is 35.5. The summed E-state index contributed by atoms with van der Waals surface area (Å²) in [6.45, 7) is 0.305. The molecule has 0 aliphatic carbocycles. The summed E-state index contributed by atoms with van der Waals surface area (Å²) in [5.41, 5.74) is 1.09. The largest absolute Gasteiger partial charge is 0.496 e. The molecule has 0 saturated carbocycles. The van der Waals surface area contributed by atoms with Gasteiger partial charge < -0.3 is 9.64 Å². The Morgan fingerprint density at radius 3 is 2.48 bits per heavy atom. The Labute approximate surface area is 138 Å². The van der Waals surface area contributed by atoms with Crippen molar-refractivity contribution in [1.29, 1.82) is 0 Å². The van der Waals surface area contributed by atoms with Crippen LogP contribution in [-0.2, 0) is 6.54 Å². The number of hydrogen-bond donors (Lipinski definition) is 0. The van der Waals surface area contributed by atoms with Crippen molar-refractivity contribution in [2.75, 3.05) is 14.2 Å². The van der Waals surface area contributed by atoms with Gasteiger partial charge in [0.2, 0.25) is 0 Å². The molecular weight excluding hydrogens is 320 g/mol. The molecule has 23 heavy (non-hydrogen) atoms. The molecule has 2 rings (SSSR count). The Bertz CT molecular complexity index is 731. The van der Waals surface area contributed by atoms with E-state index in [0.717, 1.165) is 5.56 Å². The molecule has 0 aromatic heterocycles. The summed E-state index contributed by atoms with van der Waals surface area (Å²) in [6.07, 6.45) is 0. The van der Waals surface area contributed by atoms with Gasteiger partial charge in [0, 0.05) is 41.9 Å². The van der Waals surface area contributed by atoms with Crippen molar-refractivity contribution in [3.05, 3.63) is 68.7 Å². The van der Waals surface area contributed by atoms with Gasteiger partial charge in [0.1, 0.15) is 5.75 Å². The van der Waals surface area contributed by atoms with Crippen molar-refractivity contribution in [3.63, 3.8) is 0 Å². The molecular formula is C16H15ClN2O4. The van der Waals surface area contributed by atoms with Crippen LogP contribution < -0.4 is 4.74 Å². The van der Waals surface area contributed by atoms with Crippen molar-refractivity contribution >= 4 is 23.2 Å². The van der Waals surface area contributed by atoms with E-state index in [2.05, 4.69) is 0 Å². The average Bonchev–Trinajstić information content (AvgIpc) is 2.54. The van der Waals surface area contributed by atoms with Crippen LogP contribution in [0, 0.1) is 10.1 Å². The normalized spacial score (nSPS) is 10.2. The smallest absolute Gasteiger partial charge is 0.269 e. The summed E-state index contributed by atoms with van der Waals surface area (Å²) in [6, 6.07) is 10.7. The second-order valence-electron chi connectivity index (χ2n) is 4.92. The van der Waals surface area contributed by atoms with E-state index in [-0.39, 0.29) is 11.6 Å². The summed E-state index contributed by atoms with van der Waals surface area (Å²) in [5.74, 6) is 0.389. The van der Waals surface area contributed by atoms with E-state index >= 15 is 0 Å². The molecule has 0 heterocycles. The topological polar surface area (TPSA) is 72.7 Å². The SMILES string of the molecule is COc1ccc(Cl)cc1CN(C)C(=O)c1ccc([N+](=O)[O-])cc1. The zero-order valence-corrected chi connectivity index (χ0v) is 13.4. The third-order valence-electron chi connectivity index (χ3n) is 3.32. The molecule has 0 radical (unpaired) electrons. The van der Waals surface area contributed by atoms with Crippen molar-refractivity contribution in [2.45, 2.75) is 6.54 Å². The molecule has 2 aromatic rings. The van der Waals surface area contributed by atoms with Gasteiger partial charge in [0.25, 0.3) is 11.6 Å². The van der Waals surface area contributed by atoms with Crippen LogP contribution in [0.4, 0.5) is 5.69 Å². The lowest BCUT2D eigenvalue weighted by atomic mass is 10.1. The number of benzene rings is 2. The van der Waals surface area contributed by atoms with Gasteiger partial charge in [-0.25, -0.2) is 0 Å². The third kappa shape index (κ3) is 3.98. The van der Waals surface area contributed by atoms with Crippen LogP contribution in [-0.4, -0.2) is 29.9 Å². The molecule has 7 heteroatoms. The molecule has 0 aliphatic heterocycles. The number of rotatable bonds is 5. The molecule has 0 N–H and O–H groups in total. The predicted molar refractivity (Wildman–Crippen MR) is 86.9 cm³/mol. The lowest BCUT2D eigenvalue weighted by molar-refractivity contribution is -0.384. The second kappa shape index (κ2) is 7.11. The van der Waals surface area contributed by atoms with Gasteiger partial charge in [0.05, 0.1) is 12.0 Å². The van der Waals surface area contributed by atoms with Crippen molar-refractivity contribution in [3.8, 4) is 5.75 Å². The highest BCUT2D eigenvalue weighted by Crippen LogP contribution is 2.24. The number of carbonyl (C=O) groups excluding carboxylic acids is 1. The van der Waals surface area contributed by atoms with Crippen LogP contribution in [0.15, 0.2) is 42.5 Å². The lowest BCUT2D eigenvalue weighted by Gasteiger charge is -2.19. The molecule has 0 bridgehead atoms. The number of nitro benzene ring substituents is 1. The molecule has 0 saturated heterocycles. The van der Waals surface area contributed by atoms with E-state index in [9.17, 15) is 14.9 Å². The van der Waals surface area contributed by atoms with Crippen LogP contribution in [0.5, 0.6) is 5.75 Å². The molecule has 2 aromatic carbocycles. The standard InChI is InChI=1S/C16H15ClN2O4/c1-18(10-12-9-13(17)5-8-15(12)23-2)16(20)11-3-6-14(7-4-11)19(21)22/h3-9H,10H2,1-2H3. The molecule has 0 fully saturated rings. The summed E-state index contributed by atoms with van der Waals surface area (Å²) in [4.78, 5) is 24.0. The fourth-order valence-corrected chi connectivity index (χ4v) is 2.34. The Hall–Kier alpha value is -2.60. The van der Waals surface area contributed by atoms with Crippen molar-refractivity contribution in [2.24, 2.45) is 0 Å². The zero-order chi connectivity index (χ0) is 17.0. The molecule has 120 valence electrons. The van der Waals surface area contributed by atoms with Gasteiger partial charge in [-0.15, -0.1) is 0 Å². The van der Waals surface area contributed by atoms with Gasteiger partial charge >= 0.3 is 0 Å². The summed E-state index contributed by atoms with van der Waals surface area (Å²) in [5, 5.41) is 11.2. The van der Waals surface area contributed by atoms with E-state index in [1.54, 1.807) is 32.4 Å². The first-order valence-corrected chi connectivity index (χ1v) is 7.12. The first-order valence-electron chi connectivity index (χ1n) is 6.74. The highest BCUT2D eigenvalue weighted by Gasteiger charge is 2.15. The minimum Gasteiger partial charge on any atom is -0.496 e. The quantitative estimate of drug-likeness (QED) is 0.619. The van der Waals surface area contributed by atoms with Gasteiger partial charge in [-0.3, -0.25) is 14.9 Å². The molecule has 0 atom stereocenters. The van der Waals surface area contributed by atoms with Crippen molar-refractivity contribution in [1.82, 2.24) is 4.90 Å². The number of hydrogen-bond acceptors (Lipinski definition) is 4. The maximum atomic E-state index is 12.4.